The van der Waals surface area contributed by atoms with Crippen LogP contribution in [0.1, 0.15) is 35.3 Å². The third-order valence-corrected chi connectivity index (χ3v) is 5.96. The first-order valence-electron chi connectivity index (χ1n) is 11.2. The summed E-state index contributed by atoms with van der Waals surface area (Å²) in [6, 6.07) is 5.09. The van der Waals surface area contributed by atoms with Crippen molar-refractivity contribution in [3.8, 4) is 11.8 Å². The summed E-state index contributed by atoms with van der Waals surface area (Å²) in [4.78, 5) is 23.0. The molecule has 1 aromatic carbocycles. The van der Waals surface area contributed by atoms with E-state index in [1.165, 1.54) is 36.3 Å². The zero-order valence-electron chi connectivity index (χ0n) is 19.4. The second-order valence-electron chi connectivity index (χ2n) is 8.18. The topological polar surface area (TPSA) is 100 Å². The van der Waals surface area contributed by atoms with Crippen molar-refractivity contribution >= 4 is 22.7 Å². The first-order valence-corrected chi connectivity index (χ1v) is 11.2. The Bertz CT molecular complexity index is 1400. The van der Waals surface area contributed by atoms with Gasteiger partial charge in [-0.3, -0.25) is 4.68 Å². The lowest BCUT2D eigenvalue weighted by Gasteiger charge is -2.20. The fraction of sp³-hybridized carbons (Fsp3) is 0.348. The third-order valence-electron chi connectivity index (χ3n) is 5.96. The molecule has 188 valence electrons. The highest BCUT2D eigenvalue weighted by atomic mass is 19.4. The van der Waals surface area contributed by atoms with Gasteiger partial charge in [0.15, 0.2) is 0 Å². The highest BCUT2D eigenvalue weighted by Gasteiger charge is 2.31. The Morgan fingerprint density at radius 1 is 1.14 bits per heavy atom. The molecule has 0 aliphatic carbocycles. The average Bonchev–Trinajstić information content (AvgIpc) is 3.62. The normalized spacial score (nSPS) is 16.0. The summed E-state index contributed by atoms with van der Waals surface area (Å²) in [7, 11) is 1.49. The molecule has 1 atom stereocenters. The van der Waals surface area contributed by atoms with Crippen LogP contribution in [-0.4, -0.2) is 62.3 Å². The van der Waals surface area contributed by atoms with E-state index in [1.54, 1.807) is 17.8 Å². The van der Waals surface area contributed by atoms with Gasteiger partial charge in [-0.2, -0.15) is 28.4 Å². The summed E-state index contributed by atoms with van der Waals surface area (Å²) >= 11 is 0. The van der Waals surface area contributed by atoms with Crippen molar-refractivity contribution in [3.05, 3.63) is 54.0 Å². The number of rotatable bonds is 6. The molecule has 10 nitrogen and oxygen atoms in total. The molecule has 0 amide bonds. The third kappa shape index (κ3) is 4.32. The van der Waals surface area contributed by atoms with Crippen molar-refractivity contribution in [2.24, 2.45) is 0 Å². The second-order valence-corrected chi connectivity index (χ2v) is 8.18. The van der Waals surface area contributed by atoms with Crippen LogP contribution < -0.4 is 9.64 Å². The number of alkyl halides is 3. The van der Waals surface area contributed by atoms with E-state index >= 15 is 0 Å². The fourth-order valence-corrected chi connectivity index (χ4v) is 4.23. The van der Waals surface area contributed by atoms with Crippen molar-refractivity contribution in [1.29, 1.82) is 0 Å². The van der Waals surface area contributed by atoms with Crippen LogP contribution in [0.2, 0.25) is 0 Å². The number of carbonyl (C=O) groups excluding carboxylic acids is 1. The summed E-state index contributed by atoms with van der Waals surface area (Å²) in [6.45, 7) is 3.17. The minimum Gasteiger partial charge on any atom is -0.479 e. The predicted molar refractivity (Wildman–Crippen MR) is 122 cm³/mol. The first kappa shape index (κ1) is 23.6. The maximum absolute atomic E-state index is 12.9. The van der Waals surface area contributed by atoms with Gasteiger partial charge in [-0.15, -0.1) is 0 Å². The molecule has 0 N–H and O–H groups in total. The predicted octanol–water partition coefficient (Wildman–Crippen LogP) is 3.67. The molecule has 13 heteroatoms. The van der Waals surface area contributed by atoms with Crippen molar-refractivity contribution in [3.63, 3.8) is 0 Å². The summed E-state index contributed by atoms with van der Waals surface area (Å²) in [5, 5.41) is 8.66. The maximum Gasteiger partial charge on any atom is 0.416 e. The van der Waals surface area contributed by atoms with Gasteiger partial charge in [-0.05, 0) is 37.6 Å². The second kappa shape index (κ2) is 9.13. The number of aromatic nitrogens is 6. The van der Waals surface area contributed by atoms with E-state index in [1.807, 2.05) is 4.90 Å². The van der Waals surface area contributed by atoms with Gasteiger partial charge in [-0.1, -0.05) is 0 Å². The van der Waals surface area contributed by atoms with Crippen molar-refractivity contribution in [2.45, 2.75) is 25.6 Å². The SMILES string of the molecule is CCOC(=O)c1cnn(-c2nc(OC)c3c(cnn3[C@H]3CCN(c4ccc(C(F)(F)F)cc4)C3)n2)c1. The Hall–Kier alpha value is -4.16. The molecule has 1 saturated heterocycles. The Morgan fingerprint density at radius 2 is 1.92 bits per heavy atom. The molecular formula is C23H22F3N7O3. The molecule has 1 aliphatic heterocycles. The van der Waals surface area contributed by atoms with E-state index in [-0.39, 0.29) is 30.0 Å². The number of nitrogens with zero attached hydrogens (tertiary/aromatic N) is 7. The van der Waals surface area contributed by atoms with Crippen LogP contribution in [0, 0.1) is 0 Å². The number of benzene rings is 1. The lowest BCUT2D eigenvalue weighted by Crippen LogP contribution is -2.21. The Labute approximate surface area is 203 Å². The molecule has 0 unspecified atom stereocenters. The summed E-state index contributed by atoms with van der Waals surface area (Å²) in [6.07, 6.45) is 0.800. The molecule has 0 bridgehead atoms. The number of esters is 1. The van der Waals surface area contributed by atoms with E-state index in [4.69, 9.17) is 9.47 Å². The minimum absolute atomic E-state index is 0.0618. The highest BCUT2D eigenvalue weighted by molar-refractivity contribution is 5.88. The first-order chi connectivity index (χ1) is 17.3. The van der Waals surface area contributed by atoms with Gasteiger partial charge < -0.3 is 14.4 Å². The number of methoxy groups -OCH3 is 1. The van der Waals surface area contributed by atoms with Crippen LogP contribution >= 0.6 is 0 Å². The number of ether oxygens (including phenoxy) is 2. The lowest BCUT2D eigenvalue weighted by molar-refractivity contribution is -0.137. The molecule has 0 radical (unpaired) electrons. The minimum atomic E-state index is -4.37. The van der Waals surface area contributed by atoms with Crippen molar-refractivity contribution in [1.82, 2.24) is 29.5 Å². The van der Waals surface area contributed by atoms with Crippen LogP contribution in [0.15, 0.2) is 42.9 Å². The molecule has 4 aromatic rings. The summed E-state index contributed by atoms with van der Waals surface area (Å²) in [5.41, 5.74) is 1.42. The molecule has 5 rings (SSSR count). The lowest BCUT2D eigenvalue weighted by atomic mass is 10.2. The largest absolute Gasteiger partial charge is 0.479 e. The molecule has 0 saturated carbocycles. The van der Waals surface area contributed by atoms with Gasteiger partial charge >= 0.3 is 12.1 Å². The molecule has 1 aliphatic rings. The van der Waals surface area contributed by atoms with E-state index in [2.05, 4.69) is 20.2 Å². The van der Waals surface area contributed by atoms with Gasteiger partial charge in [0.25, 0.3) is 5.95 Å². The van der Waals surface area contributed by atoms with Gasteiger partial charge in [0.05, 0.1) is 43.3 Å². The van der Waals surface area contributed by atoms with Crippen LogP contribution in [0.3, 0.4) is 0 Å². The molecule has 1 fully saturated rings. The molecular weight excluding hydrogens is 479 g/mol. The fourth-order valence-electron chi connectivity index (χ4n) is 4.23. The monoisotopic (exact) mass is 501 g/mol. The van der Waals surface area contributed by atoms with E-state index in [0.717, 1.165) is 18.6 Å². The van der Waals surface area contributed by atoms with Crippen LogP contribution in [0.5, 0.6) is 5.88 Å². The van der Waals surface area contributed by atoms with Crippen LogP contribution in [-0.2, 0) is 10.9 Å². The van der Waals surface area contributed by atoms with E-state index in [0.29, 0.717) is 29.8 Å². The number of fused-ring (bicyclic) bond motifs is 1. The van der Waals surface area contributed by atoms with E-state index < -0.39 is 17.7 Å². The zero-order valence-corrected chi connectivity index (χ0v) is 19.4. The number of hydrogen-bond donors (Lipinski definition) is 0. The maximum atomic E-state index is 12.9. The van der Waals surface area contributed by atoms with Crippen molar-refractivity contribution in [2.75, 3.05) is 31.7 Å². The Morgan fingerprint density at radius 3 is 2.61 bits per heavy atom. The van der Waals surface area contributed by atoms with Gasteiger partial charge in [0, 0.05) is 25.0 Å². The van der Waals surface area contributed by atoms with Crippen LogP contribution in [0.4, 0.5) is 18.9 Å². The summed E-state index contributed by atoms with van der Waals surface area (Å²) < 4.78 is 52.3. The molecule has 0 spiro atoms. The van der Waals surface area contributed by atoms with Crippen LogP contribution in [0.25, 0.3) is 17.0 Å². The van der Waals surface area contributed by atoms with Gasteiger partial charge in [0.1, 0.15) is 11.0 Å². The smallest absolute Gasteiger partial charge is 0.416 e. The number of carbonyl (C=O) groups is 1. The molecule has 4 heterocycles. The van der Waals surface area contributed by atoms with Gasteiger partial charge in [-0.25, -0.2) is 14.5 Å². The Kier molecular flexibility index (Phi) is 5.98. The number of anilines is 1. The average molecular weight is 501 g/mol. The highest BCUT2D eigenvalue weighted by Crippen LogP contribution is 2.34. The number of halogens is 3. The summed E-state index contributed by atoms with van der Waals surface area (Å²) in [5.74, 6) is -0.00985. The van der Waals surface area contributed by atoms with E-state index in [9.17, 15) is 18.0 Å². The van der Waals surface area contributed by atoms with Crippen molar-refractivity contribution < 1.29 is 27.4 Å². The molecule has 3 aromatic heterocycles. The molecule has 36 heavy (non-hydrogen) atoms. The zero-order chi connectivity index (χ0) is 25.4. The quantitative estimate of drug-likeness (QED) is 0.369. The Balaban J connectivity index is 1.40. The van der Waals surface area contributed by atoms with Gasteiger partial charge in [0.2, 0.25) is 5.88 Å². The standard InChI is InChI=1S/C23H22F3N7O3/c1-3-36-21(34)14-10-27-32(12-14)22-29-18-11-28-33(19(18)20(30-22)35-2)17-8-9-31(13-17)16-6-4-15(5-7-16)23(24,25)26/h4-7,10-12,17H,3,8-9,13H2,1-2H3/t17-/m0/s1. The number of hydrogen-bond acceptors (Lipinski definition) is 8.